The maximum Gasteiger partial charge on any atom is 0.323 e. The van der Waals surface area contributed by atoms with E-state index in [4.69, 9.17) is 0 Å². The van der Waals surface area contributed by atoms with Crippen LogP contribution in [-0.4, -0.2) is 126 Å². The smallest absolute Gasteiger partial charge is 0.323 e. The summed E-state index contributed by atoms with van der Waals surface area (Å²) in [7, 11) is -26.4. The first-order valence-electron chi connectivity index (χ1n) is 22.6. The van der Waals surface area contributed by atoms with Gasteiger partial charge in [0, 0.05) is 85.9 Å². The molecule has 33 nitrogen and oxygen atoms in total. The van der Waals surface area contributed by atoms with Crippen LogP contribution in [0.15, 0.2) is 127 Å². The van der Waals surface area contributed by atoms with Crippen molar-refractivity contribution in [1.82, 2.24) is 18.3 Å². The summed E-state index contributed by atoms with van der Waals surface area (Å²) in [5.41, 5.74) is -1.28. The van der Waals surface area contributed by atoms with Gasteiger partial charge in [-0.2, -0.15) is 42.1 Å². The van der Waals surface area contributed by atoms with Crippen LogP contribution < -0.4 is 31.9 Å². The van der Waals surface area contributed by atoms with E-state index in [0.717, 1.165) is 12.1 Å². The molecule has 11 N–H and O–H groups in total. The molecule has 4 heterocycles. The number of benzene rings is 4. The third-order valence-electron chi connectivity index (χ3n) is 12.1. The van der Waals surface area contributed by atoms with Crippen molar-refractivity contribution < 1.29 is 102 Å². The molecule has 0 atom stereocenters. The van der Waals surface area contributed by atoms with Crippen molar-refractivity contribution in [1.29, 1.82) is 0 Å². The number of amides is 6. The zero-order valence-corrected chi connectivity index (χ0v) is 47.5. The Hall–Kier alpha value is -8.87. The third kappa shape index (κ3) is 13.0. The number of urea groups is 1. The number of hydrogen-bond acceptors (Lipinski definition) is 18. The molecular weight excluding hydrogens is 1240 g/mol. The van der Waals surface area contributed by atoms with Gasteiger partial charge in [0.15, 0.2) is 0 Å². The van der Waals surface area contributed by atoms with Crippen molar-refractivity contribution >= 4 is 146 Å². The number of nitrogens with zero attached hydrogens (tertiary/aromatic N) is 4. The lowest BCUT2D eigenvalue weighted by atomic mass is 10.1. The first-order chi connectivity index (χ1) is 38.6. The fraction of sp³-hybridized carbons (Fsp3) is 0.0889. The van der Waals surface area contributed by atoms with Crippen molar-refractivity contribution in [2.45, 2.75) is 29.4 Å². The molecule has 0 saturated carbocycles. The lowest BCUT2D eigenvalue weighted by Gasteiger charge is -2.16. The number of carbonyl (C=O) groups is 5. The predicted octanol–water partition coefficient (Wildman–Crippen LogP) is 3.14. The van der Waals surface area contributed by atoms with Crippen molar-refractivity contribution in [2.75, 3.05) is 31.9 Å². The van der Waals surface area contributed by atoms with Crippen LogP contribution >= 0.6 is 0 Å². The molecule has 0 aliphatic heterocycles. The van der Waals surface area contributed by atoms with Gasteiger partial charge in [0.25, 0.3) is 74.2 Å². The van der Waals surface area contributed by atoms with Crippen LogP contribution in [-0.2, 0) is 88.9 Å². The maximum atomic E-state index is 13.5. The van der Waals surface area contributed by atoms with Gasteiger partial charge in [-0.25, -0.2) is 13.2 Å². The predicted molar refractivity (Wildman–Crippen MR) is 291 cm³/mol. The van der Waals surface area contributed by atoms with Crippen LogP contribution in [0.25, 0.3) is 21.5 Å². The van der Waals surface area contributed by atoms with Crippen LogP contribution in [0.4, 0.5) is 38.9 Å². The highest BCUT2D eigenvalue weighted by atomic mass is 32.2. The lowest BCUT2D eigenvalue weighted by molar-refractivity contribution is 0.101. The molecule has 0 aliphatic carbocycles. The summed E-state index contributed by atoms with van der Waals surface area (Å²) in [5.74, 6) is -3.56. The second kappa shape index (κ2) is 21.4. The Balaban J connectivity index is 0.913. The van der Waals surface area contributed by atoms with E-state index >= 15 is 0 Å². The average Bonchev–Trinajstić information content (AvgIpc) is 1.54. The zero-order chi connectivity index (χ0) is 62.3. The first-order valence-corrected chi connectivity index (χ1v) is 31.2. The average molecular weight is 1280 g/mol. The monoisotopic (exact) mass is 1280 g/mol. The Bertz CT molecular complexity index is 4640. The molecule has 84 heavy (non-hydrogen) atoms. The Kier molecular flexibility index (Phi) is 15.6. The normalized spacial score (nSPS) is 12.5. The largest absolute Gasteiger partial charge is 0.744 e. The Morgan fingerprint density at radius 3 is 0.869 bits per heavy atom. The summed E-state index contributed by atoms with van der Waals surface area (Å²) >= 11 is 0. The molecule has 0 saturated heterocycles. The van der Waals surface area contributed by atoms with Crippen LogP contribution in [0.1, 0.15) is 42.0 Å². The molecule has 0 spiro atoms. The van der Waals surface area contributed by atoms with Crippen LogP contribution in [0.3, 0.4) is 0 Å². The second-order valence-electron chi connectivity index (χ2n) is 18.1. The van der Waals surface area contributed by atoms with Crippen molar-refractivity contribution in [2.24, 2.45) is 28.2 Å². The maximum absolute atomic E-state index is 13.5. The lowest BCUT2D eigenvalue weighted by Crippen LogP contribution is -2.18. The number of aryl methyl sites for hydroxylation is 4. The summed E-state index contributed by atoms with van der Waals surface area (Å²) in [4.78, 5) is 59.9. The van der Waals surface area contributed by atoms with Crippen molar-refractivity contribution in [3.63, 3.8) is 0 Å². The fourth-order valence-corrected chi connectivity index (χ4v) is 12.6. The van der Waals surface area contributed by atoms with Gasteiger partial charge in [-0.1, -0.05) is 0 Å². The standard InChI is InChI=1S/C45H40N10O23S6/c1-52-17-23(7-33(52)41(56)46-21-5-29-31(37(11-21)81(67,68)69)13-27(79(61,62)63)15-39(29)83(73,74)75)48-43(58)35-9-25(19-54(35)3)50-45(60)51-26-10-36(55(4)20-26)44(59)49-24-8-34(53(2)18-24)42(57)47-22-6-30-32(38(12-22)82(70,71)72)14-28(80(64,65)66)16-40(30)84(76,77)78/h5-20H,1-4H3,(H,46,56)(H,47,57)(H,48,58)(H,49,59)(H2,50,51,60)(H,61,62,63)(H,64,65,66)(H,67,68,69)(H,70,71,72)(H,73,74,75)(H,76,77,78)/p-1. The van der Waals surface area contributed by atoms with Gasteiger partial charge in [0.1, 0.15) is 47.6 Å². The molecule has 8 aromatic rings. The summed E-state index contributed by atoms with van der Waals surface area (Å²) in [6, 6.07) is 8.52. The fourth-order valence-electron chi connectivity index (χ4n) is 8.54. The molecule has 4 aromatic heterocycles. The summed E-state index contributed by atoms with van der Waals surface area (Å²) in [5, 5.41) is 11.7. The molecule has 0 fully saturated rings. The van der Waals surface area contributed by atoms with Gasteiger partial charge in [-0.3, -0.25) is 41.9 Å². The summed E-state index contributed by atoms with van der Waals surface area (Å²) < 4.78 is 212. The van der Waals surface area contributed by atoms with E-state index in [1.807, 2.05) is 0 Å². The second-order valence-corrected chi connectivity index (χ2v) is 26.5. The summed E-state index contributed by atoms with van der Waals surface area (Å²) in [6.07, 6.45) is 5.29. The molecule has 444 valence electrons. The number of fused-ring (bicyclic) bond motifs is 2. The molecule has 0 aliphatic rings. The van der Waals surface area contributed by atoms with E-state index < -0.39 is 153 Å². The molecule has 39 heteroatoms. The van der Waals surface area contributed by atoms with E-state index in [0.29, 0.717) is 30.3 Å². The van der Waals surface area contributed by atoms with E-state index in [9.17, 15) is 102 Å². The number of hydrogen-bond donors (Lipinski definition) is 11. The van der Waals surface area contributed by atoms with Gasteiger partial charge in [0.05, 0.1) is 37.4 Å². The molecule has 0 bridgehead atoms. The van der Waals surface area contributed by atoms with E-state index in [1.54, 1.807) is 0 Å². The number of nitrogens with one attached hydrogen (secondary N) is 6. The molecule has 8 rings (SSSR count). The van der Waals surface area contributed by atoms with E-state index in [-0.39, 0.29) is 51.6 Å². The van der Waals surface area contributed by atoms with Crippen LogP contribution in [0.5, 0.6) is 0 Å². The Morgan fingerprint density at radius 2 is 0.583 bits per heavy atom. The number of carbonyl (C=O) groups excluding carboxylic acids is 5. The SMILES string of the molecule is Cn1cc(NC(=O)Nc2cc(C(=O)Nc3cc(C(=O)Nc4cc(S(=O)(=O)O)c5cc(S(=O)(=O)O)cc(S(=O)(=O)O)c5c4)n(C)c3)n(C)c2)cc1C(=O)Nc1cc(C(=O)Nc2cc(S(=O)(=O)O)c3cc(S(=O)(=O)O)cc(S(=O)(=O)[O-])c3c2)n(C)c1. The third-order valence-corrected chi connectivity index (χ3v) is 17.4. The number of aromatic nitrogens is 4. The molecule has 6 amide bonds. The highest BCUT2D eigenvalue weighted by Gasteiger charge is 2.29. The van der Waals surface area contributed by atoms with Gasteiger partial charge >= 0.3 is 6.03 Å². The van der Waals surface area contributed by atoms with Gasteiger partial charge < -0.3 is 54.7 Å². The van der Waals surface area contributed by atoms with E-state index in [1.165, 1.54) is 95.5 Å². The van der Waals surface area contributed by atoms with Crippen molar-refractivity contribution in [3.05, 3.63) is 120 Å². The topological polar surface area (TPSA) is 506 Å². The van der Waals surface area contributed by atoms with Crippen LogP contribution in [0, 0.1) is 0 Å². The van der Waals surface area contributed by atoms with Crippen molar-refractivity contribution in [3.8, 4) is 0 Å². The minimum absolute atomic E-state index is 0.0136. The van der Waals surface area contributed by atoms with Gasteiger partial charge in [-0.15, -0.1) is 0 Å². The first kappa shape index (κ1) is 61.2. The Labute approximate surface area is 473 Å². The number of rotatable bonds is 16. The number of anilines is 6. The van der Waals surface area contributed by atoms with Gasteiger partial charge in [-0.05, 0) is 72.8 Å². The highest BCUT2D eigenvalue weighted by Crippen LogP contribution is 2.37. The minimum Gasteiger partial charge on any atom is -0.744 e. The molecular formula is C45H39N10O23S6-. The molecule has 4 aromatic carbocycles. The van der Waals surface area contributed by atoms with E-state index in [2.05, 4.69) is 31.9 Å². The Morgan fingerprint density at radius 1 is 0.333 bits per heavy atom. The zero-order valence-electron chi connectivity index (χ0n) is 42.6. The quantitative estimate of drug-likeness (QED) is 0.0619. The highest BCUT2D eigenvalue weighted by molar-refractivity contribution is 7.88. The molecule has 0 unspecified atom stereocenters. The van der Waals surface area contributed by atoms with Crippen LogP contribution in [0.2, 0.25) is 0 Å². The molecule has 0 radical (unpaired) electrons. The minimum atomic E-state index is -5.60. The summed E-state index contributed by atoms with van der Waals surface area (Å²) in [6.45, 7) is 0. The van der Waals surface area contributed by atoms with Gasteiger partial charge in [0.2, 0.25) is 0 Å².